The summed E-state index contributed by atoms with van der Waals surface area (Å²) in [6, 6.07) is 25.3. The molecule has 6 heteroatoms. The van der Waals surface area contributed by atoms with E-state index in [4.69, 9.17) is 0 Å². The average molecular weight is 441 g/mol. The van der Waals surface area contributed by atoms with Crippen molar-refractivity contribution in [2.75, 3.05) is 18.4 Å². The first-order chi connectivity index (χ1) is 16.1. The summed E-state index contributed by atoms with van der Waals surface area (Å²) in [6.07, 6.45) is 1.62. The molecule has 4 aromatic rings. The van der Waals surface area contributed by atoms with Crippen LogP contribution in [0.5, 0.6) is 0 Å². The number of H-pyrrole nitrogens is 1. The summed E-state index contributed by atoms with van der Waals surface area (Å²) in [5.74, 6) is -0.0345. The molecule has 2 heterocycles. The van der Waals surface area contributed by atoms with Crippen LogP contribution in [0, 0.1) is 6.92 Å². The molecule has 1 atom stereocenters. The molecule has 0 saturated carbocycles. The molecule has 1 aliphatic heterocycles. The average Bonchev–Trinajstić information content (AvgIpc) is 3.17. The third kappa shape index (κ3) is 4.34. The monoisotopic (exact) mass is 440 g/mol. The van der Waals surface area contributed by atoms with Crippen LogP contribution in [0.3, 0.4) is 0 Å². The van der Waals surface area contributed by atoms with Crippen LogP contribution in [-0.4, -0.2) is 33.4 Å². The quantitative estimate of drug-likeness (QED) is 0.474. The predicted octanol–water partition coefficient (Wildman–Crippen LogP) is 4.65. The molecule has 5 rings (SSSR count). The normalized spacial score (nSPS) is 16.0. The number of aromatic nitrogens is 2. The van der Waals surface area contributed by atoms with Crippen LogP contribution in [-0.2, 0) is 4.79 Å². The molecule has 168 valence electrons. The van der Waals surface area contributed by atoms with Crippen LogP contribution < -0.4 is 11.0 Å². The fourth-order valence-electron chi connectivity index (χ4n) is 4.85. The maximum atomic E-state index is 13.4. The number of fused-ring (bicyclic) bond motifs is 1. The smallest absolute Gasteiger partial charge is 0.324 e. The zero-order valence-electron chi connectivity index (χ0n) is 18.7. The number of nitrogens with one attached hydrogen (secondary N) is 2. The van der Waals surface area contributed by atoms with E-state index in [0.717, 1.165) is 53.8 Å². The number of carbonyl (C=O) groups excluding carboxylic acids is 1. The number of hydrogen-bond donors (Lipinski definition) is 2. The summed E-state index contributed by atoms with van der Waals surface area (Å²) in [5, 5.41) is 3.10. The Bertz CT molecular complexity index is 1300. The van der Waals surface area contributed by atoms with E-state index in [1.54, 1.807) is 0 Å². The number of amides is 1. The van der Waals surface area contributed by atoms with Crippen molar-refractivity contribution in [3.63, 3.8) is 0 Å². The van der Waals surface area contributed by atoms with Gasteiger partial charge in [0.1, 0.15) is 6.04 Å². The molecule has 3 aromatic carbocycles. The van der Waals surface area contributed by atoms with Gasteiger partial charge in [0.05, 0.1) is 11.0 Å². The fraction of sp³-hybridized carbons (Fsp3) is 0.259. The number of likely N-dealkylation sites (tertiary alicyclic amines) is 1. The standard InChI is InChI=1S/C27H28N4O2/c1-19-11-13-21(14-12-19)28-26(32)25(20-7-3-2-4-8-20)30-17-15-22(16-18-30)31-24-10-6-5-9-23(24)29-27(31)33/h2-14,22,25H,15-18H2,1H3,(H,28,32)(H,29,33)/t25-/m1/s1. The second-order valence-corrected chi connectivity index (χ2v) is 8.75. The fourth-order valence-corrected chi connectivity index (χ4v) is 4.85. The minimum Gasteiger partial charge on any atom is -0.324 e. The molecule has 1 aromatic heterocycles. The number of nitrogens with zero attached hydrogens (tertiary/aromatic N) is 2. The zero-order chi connectivity index (χ0) is 22.8. The molecule has 0 aliphatic carbocycles. The topological polar surface area (TPSA) is 70.1 Å². The van der Waals surface area contributed by atoms with E-state index in [9.17, 15) is 9.59 Å². The Labute approximate surface area is 192 Å². The Morgan fingerprint density at radius 3 is 2.33 bits per heavy atom. The first kappa shape index (κ1) is 21.2. The number of aromatic amines is 1. The van der Waals surface area contributed by atoms with Crippen molar-refractivity contribution in [2.45, 2.75) is 31.8 Å². The van der Waals surface area contributed by atoms with E-state index in [1.807, 2.05) is 90.4 Å². The maximum absolute atomic E-state index is 13.4. The second-order valence-electron chi connectivity index (χ2n) is 8.75. The van der Waals surface area contributed by atoms with E-state index >= 15 is 0 Å². The van der Waals surface area contributed by atoms with E-state index in [0.29, 0.717) is 0 Å². The Morgan fingerprint density at radius 2 is 1.61 bits per heavy atom. The van der Waals surface area contributed by atoms with Gasteiger partial charge in [-0.2, -0.15) is 0 Å². The SMILES string of the molecule is Cc1ccc(NC(=O)[C@@H](c2ccccc2)N2CCC(n3c(=O)[nH]c4ccccc43)CC2)cc1. The van der Waals surface area contributed by atoms with E-state index < -0.39 is 0 Å². The van der Waals surface area contributed by atoms with E-state index in [2.05, 4.69) is 15.2 Å². The van der Waals surface area contributed by atoms with Crippen LogP contribution in [0.1, 0.15) is 36.1 Å². The Balaban J connectivity index is 1.37. The number of aryl methyl sites for hydroxylation is 1. The molecule has 0 bridgehead atoms. The highest BCUT2D eigenvalue weighted by Crippen LogP contribution is 2.31. The molecular formula is C27H28N4O2. The number of imidazole rings is 1. The minimum absolute atomic E-state index is 0.0345. The number of piperidine rings is 1. The van der Waals surface area contributed by atoms with Gasteiger partial charge in [-0.25, -0.2) is 4.79 Å². The number of benzene rings is 3. The number of rotatable bonds is 5. The van der Waals surface area contributed by atoms with Crippen molar-refractivity contribution < 1.29 is 4.79 Å². The van der Waals surface area contributed by atoms with Crippen LogP contribution in [0.4, 0.5) is 5.69 Å². The van der Waals surface area contributed by atoms with Crippen LogP contribution >= 0.6 is 0 Å². The Kier molecular flexibility index (Phi) is 5.84. The molecule has 0 unspecified atom stereocenters. The van der Waals surface area contributed by atoms with Gasteiger partial charge in [-0.15, -0.1) is 0 Å². The number of anilines is 1. The lowest BCUT2D eigenvalue weighted by Crippen LogP contribution is -2.43. The lowest BCUT2D eigenvalue weighted by atomic mass is 9.98. The molecular weight excluding hydrogens is 412 g/mol. The summed E-state index contributed by atoms with van der Waals surface area (Å²) < 4.78 is 1.89. The van der Waals surface area contributed by atoms with Gasteiger partial charge in [-0.05, 0) is 49.6 Å². The first-order valence-electron chi connectivity index (χ1n) is 11.5. The van der Waals surface area contributed by atoms with Crippen molar-refractivity contribution in [3.05, 3.63) is 100 Å². The lowest BCUT2D eigenvalue weighted by molar-refractivity contribution is -0.122. The van der Waals surface area contributed by atoms with E-state index in [-0.39, 0.29) is 23.7 Å². The predicted molar refractivity (Wildman–Crippen MR) is 131 cm³/mol. The van der Waals surface area contributed by atoms with Gasteiger partial charge in [-0.3, -0.25) is 14.3 Å². The van der Waals surface area contributed by atoms with Gasteiger partial charge < -0.3 is 10.3 Å². The Morgan fingerprint density at radius 1 is 0.939 bits per heavy atom. The molecule has 0 radical (unpaired) electrons. The highest BCUT2D eigenvalue weighted by molar-refractivity contribution is 5.95. The maximum Gasteiger partial charge on any atom is 0.326 e. The first-order valence-corrected chi connectivity index (χ1v) is 11.5. The summed E-state index contributed by atoms with van der Waals surface area (Å²) in [6.45, 7) is 3.50. The van der Waals surface area contributed by atoms with Crippen molar-refractivity contribution >= 4 is 22.6 Å². The minimum atomic E-state index is -0.381. The molecule has 2 N–H and O–H groups in total. The number of carbonyl (C=O) groups is 1. The van der Waals surface area contributed by atoms with Gasteiger partial charge in [-0.1, -0.05) is 60.2 Å². The highest BCUT2D eigenvalue weighted by Gasteiger charge is 2.32. The van der Waals surface area contributed by atoms with Crippen molar-refractivity contribution in [1.29, 1.82) is 0 Å². The lowest BCUT2D eigenvalue weighted by Gasteiger charge is -2.37. The molecule has 1 saturated heterocycles. The van der Waals surface area contributed by atoms with E-state index in [1.165, 1.54) is 0 Å². The van der Waals surface area contributed by atoms with Gasteiger partial charge >= 0.3 is 5.69 Å². The zero-order valence-corrected chi connectivity index (χ0v) is 18.7. The highest BCUT2D eigenvalue weighted by atomic mass is 16.2. The molecule has 33 heavy (non-hydrogen) atoms. The summed E-state index contributed by atoms with van der Waals surface area (Å²) in [7, 11) is 0. The van der Waals surface area contributed by atoms with Gasteiger partial charge in [0, 0.05) is 24.8 Å². The molecule has 1 fully saturated rings. The van der Waals surface area contributed by atoms with Crippen LogP contribution in [0.15, 0.2) is 83.7 Å². The third-order valence-corrected chi connectivity index (χ3v) is 6.54. The van der Waals surface area contributed by atoms with Crippen molar-refractivity contribution in [3.8, 4) is 0 Å². The van der Waals surface area contributed by atoms with Crippen LogP contribution in [0.2, 0.25) is 0 Å². The molecule has 1 amide bonds. The number of para-hydroxylation sites is 2. The summed E-state index contributed by atoms with van der Waals surface area (Å²) >= 11 is 0. The van der Waals surface area contributed by atoms with Gasteiger partial charge in [0.25, 0.3) is 0 Å². The number of hydrogen-bond acceptors (Lipinski definition) is 3. The van der Waals surface area contributed by atoms with Crippen molar-refractivity contribution in [2.24, 2.45) is 0 Å². The second kappa shape index (κ2) is 9.08. The van der Waals surface area contributed by atoms with Gasteiger partial charge in [0.2, 0.25) is 5.91 Å². The molecule has 1 aliphatic rings. The molecule has 6 nitrogen and oxygen atoms in total. The third-order valence-electron chi connectivity index (χ3n) is 6.54. The Hall–Kier alpha value is -3.64. The summed E-state index contributed by atoms with van der Waals surface area (Å²) in [4.78, 5) is 31.3. The summed E-state index contributed by atoms with van der Waals surface area (Å²) in [5.41, 5.74) is 4.67. The van der Waals surface area contributed by atoms with Crippen molar-refractivity contribution in [1.82, 2.24) is 14.5 Å². The van der Waals surface area contributed by atoms with Crippen LogP contribution in [0.25, 0.3) is 11.0 Å². The molecule has 0 spiro atoms. The largest absolute Gasteiger partial charge is 0.326 e. The van der Waals surface area contributed by atoms with Gasteiger partial charge in [0.15, 0.2) is 0 Å².